The lowest BCUT2D eigenvalue weighted by Crippen LogP contribution is -2.08. The standard InChI is InChI=1S/C17H17ClN4O/c1-23-15-7-6-11(8-13(15)18)10-20-17-12-4-2-3-5-14(12)21-16(9-19)22-17/h2-8H,9-10,19H2,1H3,(H,20,21,22). The lowest BCUT2D eigenvalue weighted by atomic mass is 10.2. The van der Waals surface area contributed by atoms with Gasteiger partial charge < -0.3 is 15.8 Å². The summed E-state index contributed by atoms with van der Waals surface area (Å²) in [6, 6.07) is 13.5. The van der Waals surface area contributed by atoms with E-state index in [-0.39, 0.29) is 0 Å². The van der Waals surface area contributed by atoms with Crippen LogP contribution in [0, 0.1) is 0 Å². The number of aromatic nitrogens is 2. The maximum Gasteiger partial charge on any atom is 0.144 e. The Morgan fingerprint density at radius 2 is 2.00 bits per heavy atom. The second-order valence-electron chi connectivity index (χ2n) is 5.03. The van der Waals surface area contributed by atoms with E-state index in [9.17, 15) is 0 Å². The molecule has 3 rings (SSSR count). The lowest BCUT2D eigenvalue weighted by molar-refractivity contribution is 0.415. The van der Waals surface area contributed by atoms with E-state index in [2.05, 4.69) is 15.3 Å². The molecule has 5 nitrogen and oxygen atoms in total. The minimum Gasteiger partial charge on any atom is -0.495 e. The SMILES string of the molecule is COc1ccc(CNc2nc(CN)nc3ccccc23)cc1Cl. The average molecular weight is 329 g/mol. The quantitative estimate of drug-likeness (QED) is 0.751. The molecular formula is C17H17ClN4O. The number of hydrogen-bond donors (Lipinski definition) is 2. The zero-order valence-electron chi connectivity index (χ0n) is 12.7. The highest BCUT2D eigenvalue weighted by atomic mass is 35.5. The van der Waals surface area contributed by atoms with E-state index >= 15 is 0 Å². The van der Waals surface area contributed by atoms with Crippen molar-refractivity contribution in [1.82, 2.24) is 9.97 Å². The van der Waals surface area contributed by atoms with Crippen molar-refractivity contribution in [3.05, 3.63) is 58.9 Å². The molecule has 0 radical (unpaired) electrons. The highest BCUT2D eigenvalue weighted by Crippen LogP contribution is 2.26. The fourth-order valence-corrected chi connectivity index (χ4v) is 2.64. The van der Waals surface area contributed by atoms with Crippen molar-refractivity contribution in [2.75, 3.05) is 12.4 Å². The molecule has 118 valence electrons. The average Bonchev–Trinajstić information content (AvgIpc) is 2.59. The van der Waals surface area contributed by atoms with E-state index in [1.165, 1.54) is 0 Å². The second-order valence-corrected chi connectivity index (χ2v) is 5.44. The first-order valence-corrected chi connectivity index (χ1v) is 7.61. The van der Waals surface area contributed by atoms with E-state index in [0.29, 0.717) is 29.7 Å². The number of anilines is 1. The number of nitrogens with one attached hydrogen (secondary N) is 1. The molecule has 0 spiro atoms. The number of nitrogens with two attached hydrogens (primary N) is 1. The number of halogens is 1. The number of methoxy groups -OCH3 is 1. The third kappa shape index (κ3) is 3.36. The number of para-hydroxylation sites is 1. The summed E-state index contributed by atoms with van der Waals surface area (Å²) in [7, 11) is 1.60. The van der Waals surface area contributed by atoms with Crippen LogP contribution < -0.4 is 15.8 Å². The summed E-state index contributed by atoms with van der Waals surface area (Å²) in [5.41, 5.74) is 7.59. The maximum atomic E-state index is 6.16. The molecule has 0 aliphatic carbocycles. The molecular weight excluding hydrogens is 312 g/mol. The van der Waals surface area contributed by atoms with Gasteiger partial charge in [-0.2, -0.15) is 0 Å². The van der Waals surface area contributed by atoms with Gasteiger partial charge in [-0.05, 0) is 29.8 Å². The fourth-order valence-electron chi connectivity index (χ4n) is 2.36. The van der Waals surface area contributed by atoms with Crippen molar-refractivity contribution in [2.24, 2.45) is 5.73 Å². The van der Waals surface area contributed by atoms with Crippen LogP contribution in [-0.4, -0.2) is 17.1 Å². The van der Waals surface area contributed by atoms with E-state index in [4.69, 9.17) is 22.1 Å². The van der Waals surface area contributed by atoms with Crippen LogP contribution >= 0.6 is 11.6 Å². The largest absolute Gasteiger partial charge is 0.495 e. The number of rotatable bonds is 5. The molecule has 0 amide bonds. The van der Waals surface area contributed by atoms with Gasteiger partial charge in [0.2, 0.25) is 0 Å². The van der Waals surface area contributed by atoms with Crippen molar-refractivity contribution in [1.29, 1.82) is 0 Å². The Bertz CT molecular complexity index is 838. The van der Waals surface area contributed by atoms with Crippen LogP contribution in [-0.2, 0) is 13.1 Å². The normalized spacial score (nSPS) is 10.7. The number of ether oxygens (including phenoxy) is 1. The van der Waals surface area contributed by atoms with Crippen LogP contribution in [0.15, 0.2) is 42.5 Å². The summed E-state index contributed by atoms with van der Waals surface area (Å²) in [6.45, 7) is 0.891. The number of fused-ring (bicyclic) bond motifs is 1. The molecule has 0 aliphatic heterocycles. The summed E-state index contributed by atoms with van der Waals surface area (Å²) in [6.07, 6.45) is 0. The van der Waals surface area contributed by atoms with E-state index in [1.807, 2.05) is 42.5 Å². The Hall–Kier alpha value is -2.37. The Kier molecular flexibility index (Phi) is 4.60. The molecule has 0 aliphatic rings. The zero-order chi connectivity index (χ0) is 16.2. The van der Waals surface area contributed by atoms with Crippen LogP contribution in [0.3, 0.4) is 0 Å². The minimum absolute atomic E-state index is 0.299. The molecule has 1 heterocycles. The van der Waals surface area contributed by atoms with Crippen LogP contribution in [0.5, 0.6) is 5.75 Å². The number of benzene rings is 2. The molecule has 0 fully saturated rings. The first-order chi connectivity index (χ1) is 11.2. The van der Waals surface area contributed by atoms with Crippen LogP contribution in [0.1, 0.15) is 11.4 Å². The molecule has 3 N–H and O–H groups in total. The zero-order valence-corrected chi connectivity index (χ0v) is 13.5. The predicted octanol–water partition coefficient (Wildman–Crippen LogP) is 3.36. The Morgan fingerprint density at radius 1 is 1.17 bits per heavy atom. The summed E-state index contributed by atoms with van der Waals surface area (Å²) in [5, 5.41) is 4.88. The summed E-state index contributed by atoms with van der Waals surface area (Å²) < 4.78 is 5.16. The minimum atomic E-state index is 0.299. The smallest absolute Gasteiger partial charge is 0.144 e. The first kappa shape index (κ1) is 15.5. The molecule has 0 saturated heterocycles. The van der Waals surface area contributed by atoms with Crippen molar-refractivity contribution < 1.29 is 4.74 Å². The molecule has 0 unspecified atom stereocenters. The van der Waals surface area contributed by atoms with E-state index < -0.39 is 0 Å². The monoisotopic (exact) mass is 328 g/mol. The Morgan fingerprint density at radius 3 is 2.74 bits per heavy atom. The topological polar surface area (TPSA) is 73.1 Å². The molecule has 23 heavy (non-hydrogen) atoms. The van der Waals surface area contributed by atoms with E-state index in [1.54, 1.807) is 7.11 Å². The van der Waals surface area contributed by atoms with Crippen molar-refractivity contribution in [3.8, 4) is 5.75 Å². The lowest BCUT2D eigenvalue weighted by Gasteiger charge is -2.11. The van der Waals surface area contributed by atoms with Gasteiger partial charge in [0.1, 0.15) is 17.4 Å². The summed E-state index contributed by atoms with van der Waals surface area (Å²) in [4.78, 5) is 8.92. The molecule has 3 aromatic rings. The van der Waals surface area contributed by atoms with Gasteiger partial charge in [-0.25, -0.2) is 9.97 Å². The summed E-state index contributed by atoms with van der Waals surface area (Å²) in [5.74, 6) is 2.04. The highest BCUT2D eigenvalue weighted by Gasteiger charge is 2.07. The molecule has 2 aromatic carbocycles. The third-order valence-corrected chi connectivity index (χ3v) is 3.80. The van der Waals surface area contributed by atoms with Crippen LogP contribution in [0.25, 0.3) is 10.9 Å². The van der Waals surface area contributed by atoms with Gasteiger partial charge in [0, 0.05) is 11.9 Å². The Balaban J connectivity index is 1.88. The van der Waals surface area contributed by atoms with Crippen molar-refractivity contribution in [2.45, 2.75) is 13.1 Å². The molecule has 0 saturated carbocycles. The van der Waals surface area contributed by atoms with Crippen molar-refractivity contribution >= 4 is 28.3 Å². The van der Waals surface area contributed by atoms with Crippen LogP contribution in [0.2, 0.25) is 5.02 Å². The molecule has 1 aromatic heterocycles. The van der Waals surface area contributed by atoms with Gasteiger partial charge in [-0.15, -0.1) is 0 Å². The van der Waals surface area contributed by atoms with Gasteiger partial charge >= 0.3 is 0 Å². The number of nitrogens with zero attached hydrogens (tertiary/aromatic N) is 2. The van der Waals surface area contributed by atoms with Gasteiger partial charge in [0.25, 0.3) is 0 Å². The molecule has 0 atom stereocenters. The van der Waals surface area contributed by atoms with Crippen LogP contribution in [0.4, 0.5) is 5.82 Å². The van der Waals surface area contributed by atoms with Gasteiger partial charge in [-0.1, -0.05) is 29.8 Å². The highest BCUT2D eigenvalue weighted by molar-refractivity contribution is 6.32. The first-order valence-electron chi connectivity index (χ1n) is 7.23. The Labute approximate surface area is 139 Å². The third-order valence-electron chi connectivity index (χ3n) is 3.51. The predicted molar refractivity (Wildman–Crippen MR) is 92.8 cm³/mol. The van der Waals surface area contributed by atoms with Gasteiger partial charge in [0.05, 0.1) is 24.2 Å². The molecule has 0 bridgehead atoms. The summed E-state index contributed by atoms with van der Waals surface area (Å²) >= 11 is 6.16. The molecule has 6 heteroatoms. The van der Waals surface area contributed by atoms with Crippen molar-refractivity contribution in [3.63, 3.8) is 0 Å². The maximum absolute atomic E-state index is 6.16. The number of hydrogen-bond acceptors (Lipinski definition) is 5. The fraction of sp³-hybridized carbons (Fsp3) is 0.176. The second kappa shape index (κ2) is 6.81. The van der Waals surface area contributed by atoms with E-state index in [0.717, 1.165) is 22.3 Å². The van der Waals surface area contributed by atoms with Gasteiger partial charge in [-0.3, -0.25) is 0 Å². The van der Waals surface area contributed by atoms with Gasteiger partial charge in [0.15, 0.2) is 0 Å².